The zero-order chi connectivity index (χ0) is 23.3. The van der Waals surface area contributed by atoms with Gasteiger partial charge in [-0.2, -0.15) is 0 Å². The Hall–Kier alpha value is -3.50. The number of nitrogens with zero attached hydrogens (tertiary/aromatic N) is 4. The molecule has 0 spiro atoms. The van der Waals surface area contributed by atoms with Gasteiger partial charge < -0.3 is 14.9 Å². The lowest BCUT2D eigenvalue weighted by molar-refractivity contribution is -0.134. The van der Waals surface area contributed by atoms with Crippen LogP contribution < -0.4 is 9.62 Å². The second-order valence-corrected chi connectivity index (χ2v) is 9.33. The molecule has 4 rings (SSSR count). The second-order valence-electron chi connectivity index (χ2n) is 7.65. The number of benzene rings is 2. The molecule has 172 valence electrons. The van der Waals surface area contributed by atoms with E-state index >= 15 is 0 Å². The molecular formula is C23H25N5O4S. The minimum Gasteiger partial charge on any atom is -0.395 e. The van der Waals surface area contributed by atoms with Crippen LogP contribution in [-0.4, -0.2) is 67.1 Å². The van der Waals surface area contributed by atoms with Crippen LogP contribution in [0.3, 0.4) is 0 Å². The fraction of sp³-hybridized carbons (Fsp3) is 0.261. The molecule has 2 N–H and O–H groups in total. The van der Waals surface area contributed by atoms with E-state index in [0.29, 0.717) is 26.2 Å². The quantitative estimate of drug-likeness (QED) is 0.543. The smallest absolute Gasteiger partial charge is 0.263 e. The number of hydrogen-bond acceptors (Lipinski definition) is 7. The van der Waals surface area contributed by atoms with Gasteiger partial charge in [0.25, 0.3) is 10.0 Å². The van der Waals surface area contributed by atoms with E-state index in [1.807, 2.05) is 30.3 Å². The van der Waals surface area contributed by atoms with Crippen LogP contribution in [0.4, 0.5) is 11.5 Å². The van der Waals surface area contributed by atoms with Gasteiger partial charge in [-0.25, -0.2) is 18.4 Å². The van der Waals surface area contributed by atoms with Crippen LogP contribution in [-0.2, 0) is 14.8 Å². The van der Waals surface area contributed by atoms with Gasteiger partial charge in [0.15, 0.2) is 0 Å². The number of carbonyl (C=O) groups is 1. The first-order chi connectivity index (χ1) is 16.0. The predicted molar refractivity (Wildman–Crippen MR) is 124 cm³/mol. The molecule has 0 radical (unpaired) electrons. The maximum absolute atomic E-state index is 12.9. The average Bonchev–Trinajstić information content (AvgIpc) is 2.86. The summed E-state index contributed by atoms with van der Waals surface area (Å²) in [5, 5.41) is 9.78. The standard InChI is InChI=1S/C23H25N5O4S/c29-16-21(18-4-2-1-3-5-18)23(30)28-14-12-27(13-15-28)19-6-8-20(9-7-19)33(31,32)26-22-10-11-24-17-25-22/h1-11,17,21,29H,12-16H2,(H,24,25,26). The molecule has 1 saturated heterocycles. The highest BCUT2D eigenvalue weighted by Gasteiger charge is 2.28. The monoisotopic (exact) mass is 467 g/mol. The predicted octanol–water partition coefficient (Wildman–Crippen LogP) is 1.70. The SMILES string of the molecule is O=C(C(CO)c1ccccc1)N1CCN(c2ccc(S(=O)(=O)Nc3ccncn3)cc2)CC1. The molecule has 1 fully saturated rings. The lowest BCUT2D eigenvalue weighted by Gasteiger charge is -2.37. The lowest BCUT2D eigenvalue weighted by atomic mass is 9.98. The van der Waals surface area contributed by atoms with Gasteiger partial charge in [0, 0.05) is 38.1 Å². The van der Waals surface area contributed by atoms with E-state index in [9.17, 15) is 18.3 Å². The third kappa shape index (κ3) is 5.29. The first-order valence-corrected chi connectivity index (χ1v) is 12.0. The molecule has 0 bridgehead atoms. The summed E-state index contributed by atoms with van der Waals surface area (Å²) in [6.07, 6.45) is 2.73. The molecule has 3 aromatic rings. The number of aliphatic hydroxyl groups is 1. The van der Waals surface area contributed by atoms with Crippen molar-refractivity contribution in [1.29, 1.82) is 0 Å². The maximum atomic E-state index is 12.9. The number of hydrogen-bond donors (Lipinski definition) is 2. The summed E-state index contributed by atoms with van der Waals surface area (Å²) >= 11 is 0. The Labute approximate surface area is 192 Å². The van der Waals surface area contributed by atoms with E-state index in [2.05, 4.69) is 19.6 Å². The number of amides is 1. The highest BCUT2D eigenvalue weighted by molar-refractivity contribution is 7.92. The van der Waals surface area contributed by atoms with Crippen LogP contribution >= 0.6 is 0 Å². The Kier molecular flexibility index (Phi) is 6.85. The molecule has 9 nitrogen and oxygen atoms in total. The Balaban J connectivity index is 1.37. The van der Waals surface area contributed by atoms with Crippen molar-refractivity contribution in [3.05, 3.63) is 78.8 Å². The van der Waals surface area contributed by atoms with E-state index in [4.69, 9.17) is 0 Å². The minimum absolute atomic E-state index is 0.0828. The molecule has 0 saturated carbocycles. The largest absolute Gasteiger partial charge is 0.395 e. The first-order valence-electron chi connectivity index (χ1n) is 10.6. The number of rotatable bonds is 7. The fourth-order valence-electron chi connectivity index (χ4n) is 3.80. The van der Waals surface area contributed by atoms with E-state index in [1.54, 1.807) is 29.2 Å². The number of piperazine rings is 1. The molecule has 1 unspecified atom stereocenters. The molecule has 1 aliphatic heterocycles. The van der Waals surface area contributed by atoms with Crippen molar-refractivity contribution in [2.75, 3.05) is 42.4 Å². The van der Waals surface area contributed by atoms with E-state index in [0.717, 1.165) is 11.3 Å². The van der Waals surface area contributed by atoms with Gasteiger partial charge in [-0.1, -0.05) is 30.3 Å². The Morgan fingerprint density at radius 2 is 1.70 bits per heavy atom. The zero-order valence-corrected chi connectivity index (χ0v) is 18.7. The molecule has 33 heavy (non-hydrogen) atoms. The average molecular weight is 468 g/mol. The number of nitrogens with one attached hydrogen (secondary N) is 1. The van der Waals surface area contributed by atoms with Crippen LogP contribution in [0.1, 0.15) is 11.5 Å². The normalized spacial score (nSPS) is 15.2. The van der Waals surface area contributed by atoms with Gasteiger partial charge in [-0.05, 0) is 35.9 Å². The highest BCUT2D eigenvalue weighted by Crippen LogP contribution is 2.23. The molecular weight excluding hydrogens is 442 g/mol. The van der Waals surface area contributed by atoms with Gasteiger partial charge in [-0.3, -0.25) is 9.52 Å². The van der Waals surface area contributed by atoms with Crippen LogP contribution in [0.15, 0.2) is 78.1 Å². The van der Waals surface area contributed by atoms with Gasteiger partial charge in [0.05, 0.1) is 17.4 Å². The van der Waals surface area contributed by atoms with Gasteiger partial charge in [0.2, 0.25) is 5.91 Å². The summed E-state index contributed by atoms with van der Waals surface area (Å²) in [4.78, 5) is 24.6. The molecule has 10 heteroatoms. The molecule has 2 aromatic carbocycles. The molecule has 1 aromatic heterocycles. The summed E-state index contributed by atoms with van der Waals surface area (Å²) in [6, 6.07) is 17.4. The van der Waals surface area contributed by atoms with Gasteiger partial charge in [-0.15, -0.1) is 0 Å². The number of aliphatic hydroxyl groups excluding tert-OH is 1. The minimum atomic E-state index is -3.76. The Morgan fingerprint density at radius 1 is 1.00 bits per heavy atom. The highest BCUT2D eigenvalue weighted by atomic mass is 32.2. The third-order valence-electron chi connectivity index (χ3n) is 5.61. The first kappa shape index (κ1) is 22.7. The molecule has 1 atom stereocenters. The van der Waals surface area contributed by atoms with Crippen molar-refractivity contribution in [2.24, 2.45) is 0 Å². The van der Waals surface area contributed by atoms with E-state index in [-0.39, 0.29) is 23.2 Å². The molecule has 1 aliphatic rings. The topological polar surface area (TPSA) is 116 Å². The maximum Gasteiger partial charge on any atom is 0.263 e. The van der Waals surface area contributed by atoms with E-state index in [1.165, 1.54) is 18.6 Å². The van der Waals surface area contributed by atoms with Gasteiger partial charge >= 0.3 is 0 Å². The number of carbonyl (C=O) groups excluding carboxylic acids is 1. The van der Waals surface area contributed by atoms with Crippen LogP contribution in [0.2, 0.25) is 0 Å². The van der Waals surface area contributed by atoms with Crippen molar-refractivity contribution in [3.8, 4) is 0 Å². The second kappa shape index (κ2) is 9.97. The summed E-state index contributed by atoms with van der Waals surface area (Å²) in [5.74, 6) is -0.447. The number of aromatic nitrogens is 2. The van der Waals surface area contributed by atoms with Crippen molar-refractivity contribution >= 4 is 27.4 Å². The summed E-state index contributed by atoms with van der Waals surface area (Å²) < 4.78 is 27.6. The summed E-state index contributed by atoms with van der Waals surface area (Å²) in [7, 11) is -3.76. The Morgan fingerprint density at radius 3 is 2.30 bits per heavy atom. The lowest BCUT2D eigenvalue weighted by Crippen LogP contribution is -2.50. The summed E-state index contributed by atoms with van der Waals surface area (Å²) in [5.41, 5.74) is 1.68. The molecule has 1 amide bonds. The fourth-order valence-corrected chi connectivity index (χ4v) is 4.81. The van der Waals surface area contributed by atoms with Crippen LogP contribution in [0.5, 0.6) is 0 Å². The summed E-state index contributed by atoms with van der Waals surface area (Å²) in [6.45, 7) is 2.05. The van der Waals surface area contributed by atoms with Crippen molar-refractivity contribution < 1.29 is 18.3 Å². The van der Waals surface area contributed by atoms with Crippen molar-refractivity contribution in [2.45, 2.75) is 10.8 Å². The van der Waals surface area contributed by atoms with Crippen LogP contribution in [0, 0.1) is 0 Å². The van der Waals surface area contributed by atoms with Crippen molar-refractivity contribution in [1.82, 2.24) is 14.9 Å². The van der Waals surface area contributed by atoms with Crippen molar-refractivity contribution in [3.63, 3.8) is 0 Å². The molecule has 2 heterocycles. The third-order valence-corrected chi connectivity index (χ3v) is 6.98. The number of anilines is 2. The number of sulfonamides is 1. The van der Waals surface area contributed by atoms with Crippen LogP contribution in [0.25, 0.3) is 0 Å². The Bertz CT molecular complexity index is 1170. The zero-order valence-electron chi connectivity index (χ0n) is 17.9. The molecule has 0 aliphatic carbocycles. The van der Waals surface area contributed by atoms with Gasteiger partial charge in [0.1, 0.15) is 12.1 Å². The van der Waals surface area contributed by atoms with E-state index < -0.39 is 15.9 Å².